The summed E-state index contributed by atoms with van der Waals surface area (Å²) in [5.41, 5.74) is 0. The monoisotopic (exact) mass is 373 g/mol. The van der Waals surface area contributed by atoms with Crippen LogP contribution in [0, 0.1) is 0 Å². The standard InChI is InChI=1S/C15H23N3O4S2/c19-23(20,17-12-13-5-4-8-16-13)14-6-3-7-15(11-14)24(21,22)18-9-1-2-10-18/h3,6-7,11,13,16-17H,1-2,4-5,8-10,12H2. The lowest BCUT2D eigenvalue weighted by Gasteiger charge is -2.16. The summed E-state index contributed by atoms with van der Waals surface area (Å²) in [5, 5.41) is 3.22. The van der Waals surface area contributed by atoms with Crippen LogP contribution < -0.4 is 10.0 Å². The lowest BCUT2D eigenvalue weighted by atomic mass is 10.2. The van der Waals surface area contributed by atoms with E-state index in [1.165, 1.54) is 28.6 Å². The summed E-state index contributed by atoms with van der Waals surface area (Å²) >= 11 is 0. The second kappa shape index (κ2) is 7.09. The average Bonchev–Trinajstić information content (AvgIpc) is 3.27. The third-order valence-electron chi connectivity index (χ3n) is 4.50. The molecule has 0 bridgehead atoms. The second-order valence-electron chi connectivity index (χ2n) is 6.23. The van der Waals surface area contributed by atoms with Gasteiger partial charge in [0, 0.05) is 25.7 Å². The van der Waals surface area contributed by atoms with Crippen LogP contribution in [0.3, 0.4) is 0 Å². The Morgan fingerprint density at radius 2 is 1.79 bits per heavy atom. The molecule has 2 saturated heterocycles. The molecule has 1 atom stereocenters. The van der Waals surface area contributed by atoms with Gasteiger partial charge in [0.15, 0.2) is 0 Å². The number of benzene rings is 1. The molecule has 7 nitrogen and oxygen atoms in total. The lowest BCUT2D eigenvalue weighted by Crippen LogP contribution is -2.37. The molecule has 1 unspecified atom stereocenters. The molecule has 0 aliphatic carbocycles. The van der Waals surface area contributed by atoms with Gasteiger partial charge in [0.25, 0.3) is 0 Å². The van der Waals surface area contributed by atoms with Gasteiger partial charge >= 0.3 is 0 Å². The van der Waals surface area contributed by atoms with Crippen LogP contribution in [0.5, 0.6) is 0 Å². The zero-order valence-corrected chi connectivity index (χ0v) is 15.1. The van der Waals surface area contributed by atoms with Crippen LogP contribution in [-0.4, -0.2) is 53.4 Å². The fraction of sp³-hybridized carbons (Fsp3) is 0.600. The number of hydrogen-bond donors (Lipinski definition) is 2. The topological polar surface area (TPSA) is 95.6 Å². The van der Waals surface area contributed by atoms with Gasteiger partial charge in [-0.1, -0.05) is 6.07 Å². The summed E-state index contributed by atoms with van der Waals surface area (Å²) < 4.78 is 54.0. The van der Waals surface area contributed by atoms with Crippen molar-refractivity contribution in [3.8, 4) is 0 Å². The Kier molecular flexibility index (Phi) is 5.26. The Balaban J connectivity index is 1.78. The predicted octanol–water partition coefficient (Wildman–Crippen LogP) is 0.501. The highest BCUT2D eigenvalue weighted by Crippen LogP contribution is 2.23. The van der Waals surface area contributed by atoms with Gasteiger partial charge in [0.05, 0.1) is 9.79 Å². The predicted molar refractivity (Wildman–Crippen MR) is 90.6 cm³/mol. The smallest absolute Gasteiger partial charge is 0.243 e. The van der Waals surface area contributed by atoms with E-state index in [1.54, 1.807) is 0 Å². The van der Waals surface area contributed by atoms with Gasteiger partial charge in [-0.05, 0) is 50.4 Å². The average molecular weight is 374 g/mol. The minimum absolute atomic E-state index is 0.0132. The van der Waals surface area contributed by atoms with Crippen molar-refractivity contribution in [1.82, 2.24) is 14.3 Å². The van der Waals surface area contributed by atoms with E-state index < -0.39 is 20.0 Å². The first-order valence-corrected chi connectivity index (χ1v) is 11.2. The minimum Gasteiger partial charge on any atom is -0.313 e. The number of sulfonamides is 2. The number of nitrogens with one attached hydrogen (secondary N) is 2. The summed E-state index contributed by atoms with van der Waals surface area (Å²) in [6.07, 6.45) is 3.65. The van der Waals surface area contributed by atoms with Crippen LogP contribution in [0.1, 0.15) is 25.7 Å². The maximum Gasteiger partial charge on any atom is 0.243 e. The number of hydrogen-bond acceptors (Lipinski definition) is 5. The highest BCUT2D eigenvalue weighted by atomic mass is 32.2. The second-order valence-corrected chi connectivity index (χ2v) is 9.94. The first kappa shape index (κ1) is 17.8. The summed E-state index contributed by atoms with van der Waals surface area (Å²) in [5.74, 6) is 0. The van der Waals surface area contributed by atoms with Crippen molar-refractivity contribution in [3.05, 3.63) is 24.3 Å². The van der Waals surface area contributed by atoms with E-state index in [4.69, 9.17) is 0 Å². The normalized spacial score (nSPS) is 22.9. The maximum atomic E-state index is 12.6. The fourth-order valence-electron chi connectivity index (χ4n) is 3.10. The van der Waals surface area contributed by atoms with Gasteiger partial charge in [-0.25, -0.2) is 21.6 Å². The first-order valence-electron chi connectivity index (χ1n) is 8.23. The van der Waals surface area contributed by atoms with Gasteiger partial charge in [-0.2, -0.15) is 4.31 Å². The van der Waals surface area contributed by atoms with E-state index in [-0.39, 0.29) is 15.8 Å². The van der Waals surface area contributed by atoms with Crippen molar-refractivity contribution >= 4 is 20.0 Å². The molecule has 9 heteroatoms. The van der Waals surface area contributed by atoms with Gasteiger partial charge in [-0.15, -0.1) is 0 Å². The third kappa shape index (κ3) is 3.80. The quantitative estimate of drug-likeness (QED) is 0.757. The van der Waals surface area contributed by atoms with E-state index in [9.17, 15) is 16.8 Å². The number of nitrogens with zero attached hydrogens (tertiary/aromatic N) is 1. The molecule has 2 heterocycles. The van der Waals surface area contributed by atoms with Crippen molar-refractivity contribution in [2.24, 2.45) is 0 Å². The first-order chi connectivity index (χ1) is 11.4. The highest BCUT2D eigenvalue weighted by Gasteiger charge is 2.28. The summed E-state index contributed by atoms with van der Waals surface area (Å²) in [4.78, 5) is 0.0204. The molecule has 0 aromatic heterocycles. The van der Waals surface area contributed by atoms with E-state index in [0.717, 1.165) is 32.2 Å². The summed E-state index contributed by atoms with van der Waals surface area (Å²) in [6, 6.07) is 5.73. The van der Waals surface area contributed by atoms with E-state index in [0.29, 0.717) is 19.6 Å². The molecule has 0 spiro atoms. The van der Waals surface area contributed by atoms with Crippen molar-refractivity contribution < 1.29 is 16.8 Å². The molecular weight excluding hydrogens is 350 g/mol. The largest absolute Gasteiger partial charge is 0.313 e. The van der Waals surface area contributed by atoms with Crippen LogP contribution in [0.15, 0.2) is 34.1 Å². The Bertz CT molecular complexity index is 781. The zero-order chi connectivity index (χ0) is 17.2. The molecule has 2 N–H and O–H groups in total. The van der Waals surface area contributed by atoms with Gasteiger partial charge in [0.1, 0.15) is 0 Å². The number of rotatable bonds is 6. The molecule has 2 fully saturated rings. The molecule has 1 aromatic rings. The molecule has 0 amide bonds. The lowest BCUT2D eigenvalue weighted by molar-refractivity contribution is 0.477. The maximum absolute atomic E-state index is 12.6. The van der Waals surface area contributed by atoms with Crippen molar-refractivity contribution in [2.75, 3.05) is 26.2 Å². The van der Waals surface area contributed by atoms with Crippen molar-refractivity contribution in [3.63, 3.8) is 0 Å². The Labute approximate surface area is 143 Å². The highest BCUT2D eigenvalue weighted by molar-refractivity contribution is 7.90. The van der Waals surface area contributed by atoms with Crippen molar-refractivity contribution in [2.45, 2.75) is 41.5 Å². The van der Waals surface area contributed by atoms with E-state index in [1.807, 2.05) is 0 Å². The molecule has 3 rings (SSSR count). The molecule has 134 valence electrons. The van der Waals surface area contributed by atoms with Gasteiger partial charge < -0.3 is 5.32 Å². The van der Waals surface area contributed by atoms with Crippen LogP contribution in [-0.2, 0) is 20.0 Å². The van der Waals surface area contributed by atoms with Crippen LogP contribution >= 0.6 is 0 Å². The van der Waals surface area contributed by atoms with E-state index >= 15 is 0 Å². The molecule has 2 aliphatic rings. The van der Waals surface area contributed by atoms with Crippen LogP contribution in [0.25, 0.3) is 0 Å². The molecule has 1 aromatic carbocycles. The van der Waals surface area contributed by atoms with Crippen LogP contribution in [0.2, 0.25) is 0 Å². The zero-order valence-electron chi connectivity index (χ0n) is 13.4. The fourth-order valence-corrected chi connectivity index (χ4v) is 5.87. The minimum atomic E-state index is -3.73. The third-order valence-corrected chi connectivity index (χ3v) is 7.82. The SMILES string of the molecule is O=S(=O)(NCC1CCCN1)c1cccc(S(=O)(=O)N2CCCC2)c1. The molecule has 0 radical (unpaired) electrons. The van der Waals surface area contributed by atoms with Gasteiger partial charge in [0.2, 0.25) is 20.0 Å². The van der Waals surface area contributed by atoms with Crippen molar-refractivity contribution in [1.29, 1.82) is 0 Å². The summed E-state index contributed by atoms with van der Waals surface area (Å²) in [7, 11) is -7.35. The molecule has 0 saturated carbocycles. The Morgan fingerprint density at radius 1 is 1.08 bits per heavy atom. The summed E-state index contributed by atoms with van der Waals surface area (Å²) in [6.45, 7) is 2.19. The van der Waals surface area contributed by atoms with Crippen LogP contribution in [0.4, 0.5) is 0 Å². The molecule has 2 aliphatic heterocycles. The van der Waals surface area contributed by atoms with Gasteiger partial charge in [-0.3, -0.25) is 0 Å². The Morgan fingerprint density at radius 3 is 2.46 bits per heavy atom. The molecular formula is C15H23N3O4S2. The molecule has 24 heavy (non-hydrogen) atoms. The Hall–Kier alpha value is -1.00. The van der Waals surface area contributed by atoms with E-state index in [2.05, 4.69) is 10.0 Å².